The first-order valence-electron chi connectivity index (χ1n) is 10.1. The molecular formula is C22H20FN7O. The smallest absolute Gasteiger partial charge is 0.223 e. The molecule has 4 heterocycles. The number of hydrogen-bond acceptors (Lipinski definition) is 6. The molecule has 0 bridgehead atoms. The van der Waals surface area contributed by atoms with E-state index in [-0.39, 0.29) is 0 Å². The van der Waals surface area contributed by atoms with Crippen LogP contribution in [0.15, 0.2) is 53.3 Å². The van der Waals surface area contributed by atoms with Gasteiger partial charge in [0.15, 0.2) is 5.82 Å². The molecule has 0 saturated carbocycles. The molecule has 0 N–H and O–H groups in total. The molecule has 0 fully saturated rings. The number of imidazole rings is 2. The number of hydrogen-bond donors (Lipinski definition) is 0. The van der Waals surface area contributed by atoms with E-state index >= 15 is 0 Å². The zero-order chi connectivity index (χ0) is 21.4. The fraction of sp³-hybridized carbons (Fsp3) is 0.227. The first kappa shape index (κ1) is 19.1. The zero-order valence-electron chi connectivity index (χ0n) is 17.2. The fourth-order valence-corrected chi connectivity index (χ4v) is 3.68. The van der Waals surface area contributed by atoms with E-state index < -0.39 is 5.95 Å². The van der Waals surface area contributed by atoms with Crippen molar-refractivity contribution in [3.05, 3.63) is 66.5 Å². The van der Waals surface area contributed by atoms with Gasteiger partial charge in [-0.1, -0.05) is 18.1 Å². The largest absolute Gasteiger partial charge is 0.339 e. The Morgan fingerprint density at radius 1 is 1.10 bits per heavy atom. The number of benzene rings is 1. The molecule has 0 aliphatic rings. The van der Waals surface area contributed by atoms with E-state index in [1.807, 2.05) is 29.0 Å². The lowest BCUT2D eigenvalue weighted by Crippen LogP contribution is -2.10. The van der Waals surface area contributed by atoms with E-state index in [0.29, 0.717) is 29.8 Å². The summed E-state index contributed by atoms with van der Waals surface area (Å²) in [6.07, 6.45) is 4.50. The van der Waals surface area contributed by atoms with Crippen LogP contribution >= 0.6 is 0 Å². The van der Waals surface area contributed by atoms with E-state index in [9.17, 15) is 4.39 Å². The number of fused-ring (bicyclic) bond motifs is 1. The molecule has 0 unspecified atom stereocenters. The second-order valence-electron chi connectivity index (χ2n) is 7.24. The summed E-state index contributed by atoms with van der Waals surface area (Å²) in [6.45, 7) is 5.21. The van der Waals surface area contributed by atoms with Crippen molar-refractivity contribution in [1.82, 2.24) is 34.2 Å². The van der Waals surface area contributed by atoms with Gasteiger partial charge in [0.25, 0.3) is 0 Å². The number of nitrogens with zero attached hydrogens (tertiary/aromatic N) is 7. The van der Waals surface area contributed by atoms with Crippen LogP contribution in [0.25, 0.3) is 33.9 Å². The molecule has 0 spiro atoms. The van der Waals surface area contributed by atoms with E-state index in [2.05, 4.69) is 31.6 Å². The van der Waals surface area contributed by atoms with Crippen LogP contribution in [-0.2, 0) is 13.1 Å². The monoisotopic (exact) mass is 417 g/mol. The maximum absolute atomic E-state index is 13.6. The second-order valence-corrected chi connectivity index (χ2v) is 7.24. The molecule has 5 aromatic rings. The zero-order valence-corrected chi connectivity index (χ0v) is 17.2. The minimum absolute atomic E-state index is 0.484. The SMILES string of the molecule is CCCn1c(Cn2ccnc2-c2cccc(F)n2)nc2cc(-c3noc(C)n3)ccc21. The Morgan fingerprint density at radius 2 is 2.00 bits per heavy atom. The molecule has 156 valence electrons. The van der Waals surface area contributed by atoms with Crippen LogP contribution in [0.4, 0.5) is 4.39 Å². The molecule has 0 saturated heterocycles. The van der Waals surface area contributed by atoms with Gasteiger partial charge in [-0.15, -0.1) is 0 Å². The summed E-state index contributed by atoms with van der Waals surface area (Å²) in [5, 5.41) is 4.00. The summed E-state index contributed by atoms with van der Waals surface area (Å²) < 4.78 is 22.8. The maximum Gasteiger partial charge on any atom is 0.223 e. The summed E-state index contributed by atoms with van der Waals surface area (Å²) in [7, 11) is 0. The van der Waals surface area contributed by atoms with Gasteiger partial charge in [0.1, 0.15) is 11.5 Å². The Kier molecular flexibility index (Phi) is 4.78. The highest BCUT2D eigenvalue weighted by atomic mass is 19.1. The summed E-state index contributed by atoms with van der Waals surface area (Å²) in [5.41, 5.74) is 3.22. The van der Waals surface area contributed by atoms with Crippen LogP contribution in [0.5, 0.6) is 0 Å². The number of halogens is 1. The van der Waals surface area contributed by atoms with Gasteiger partial charge in [0, 0.05) is 31.4 Å². The van der Waals surface area contributed by atoms with Crippen molar-refractivity contribution < 1.29 is 8.91 Å². The van der Waals surface area contributed by atoms with Crippen molar-refractivity contribution in [2.24, 2.45) is 0 Å². The second kappa shape index (κ2) is 7.75. The minimum atomic E-state index is -0.533. The van der Waals surface area contributed by atoms with Crippen molar-refractivity contribution in [3.8, 4) is 22.9 Å². The highest BCUT2D eigenvalue weighted by Crippen LogP contribution is 2.25. The van der Waals surface area contributed by atoms with Gasteiger partial charge in [-0.3, -0.25) is 0 Å². The Labute approximate surface area is 177 Å². The molecule has 0 aliphatic heterocycles. The van der Waals surface area contributed by atoms with Crippen molar-refractivity contribution in [2.75, 3.05) is 0 Å². The molecule has 0 atom stereocenters. The van der Waals surface area contributed by atoms with Gasteiger partial charge in [-0.05, 0) is 36.8 Å². The quantitative estimate of drug-likeness (QED) is 0.384. The Bertz CT molecular complexity index is 1370. The van der Waals surface area contributed by atoms with Crippen LogP contribution < -0.4 is 0 Å². The van der Waals surface area contributed by atoms with E-state index in [0.717, 1.165) is 35.4 Å². The van der Waals surface area contributed by atoms with Crippen LogP contribution in [0, 0.1) is 12.9 Å². The van der Waals surface area contributed by atoms with Gasteiger partial charge in [0.05, 0.1) is 17.6 Å². The molecule has 0 amide bonds. The number of aromatic nitrogens is 7. The van der Waals surface area contributed by atoms with Crippen molar-refractivity contribution >= 4 is 11.0 Å². The maximum atomic E-state index is 13.6. The number of aryl methyl sites for hydroxylation is 2. The first-order valence-corrected chi connectivity index (χ1v) is 10.1. The van der Waals surface area contributed by atoms with Gasteiger partial charge in [0.2, 0.25) is 17.7 Å². The van der Waals surface area contributed by atoms with Crippen LogP contribution in [0.2, 0.25) is 0 Å². The lowest BCUT2D eigenvalue weighted by Gasteiger charge is -2.10. The van der Waals surface area contributed by atoms with Gasteiger partial charge < -0.3 is 13.7 Å². The Hall–Kier alpha value is -3.88. The van der Waals surface area contributed by atoms with Crippen molar-refractivity contribution in [2.45, 2.75) is 33.4 Å². The van der Waals surface area contributed by atoms with Crippen LogP contribution in [0.1, 0.15) is 25.1 Å². The summed E-state index contributed by atoms with van der Waals surface area (Å²) >= 11 is 0. The third-order valence-electron chi connectivity index (χ3n) is 5.03. The Morgan fingerprint density at radius 3 is 2.77 bits per heavy atom. The lowest BCUT2D eigenvalue weighted by atomic mass is 10.2. The van der Waals surface area contributed by atoms with Gasteiger partial charge in [-0.25, -0.2) is 15.0 Å². The van der Waals surface area contributed by atoms with Gasteiger partial charge in [-0.2, -0.15) is 9.37 Å². The van der Waals surface area contributed by atoms with E-state index in [4.69, 9.17) is 9.51 Å². The molecule has 4 aromatic heterocycles. The fourth-order valence-electron chi connectivity index (χ4n) is 3.68. The predicted octanol–water partition coefficient (Wildman–Crippen LogP) is 4.25. The lowest BCUT2D eigenvalue weighted by molar-refractivity contribution is 0.394. The minimum Gasteiger partial charge on any atom is -0.339 e. The molecular weight excluding hydrogens is 397 g/mol. The number of pyridine rings is 1. The van der Waals surface area contributed by atoms with Crippen LogP contribution in [0.3, 0.4) is 0 Å². The standard InChI is InChI=1S/C22H20FN7O/c1-3-10-30-18-8-7-15(21-25-14(2)31-28-21)12-17(18)27-20(30)13-29-11-9-24-22(29)16-5-4-6-19(23)26-16/h4-9,11-12H,3,10,13H2,1-2H3. The third kappa shape index (κ3) is 3.58. The highest BCUT2D eigenvalue weighted by molar-refractivity contribution is 5.81. The van der Waals surface area contributed by atoms with Crippen molar-refractivity contribution in [1.29, 1.82) is 0 Å². The molecule has 1 aromatic carbocycles. The highest BCUT2D eigenvalue weighted by Gasteiger charge is 2.16. The predicted molar refractivity (Wildman–Crippen MR) is 113 cm³/mol. The summed E-state index contributed by atoms with van der Waals surface area (Å²) in [6, 6.07) is 10.7. The molecule has 5 rings (SSSR count). The molecule has 8 nitrogen and oxygen atoms in total. The molecule has 9 heteroatoms. The van der Waals surface area contributed by atoms with Gasteiger partial charge >= 0.3 is 0 Å². The van der Waals surface area contributed by atoms with E-state index in [1.54, 1.807) is 25.3 Å². The molecule has 0 radical (unpaired) electrons. The average molecular weight is 417 g/mol. The normalized spacial score (nSPS) is 11.5. The average Bonchev–Trinajstić information content (AvgIpc) is 3.48. The molecule has 31 heavy (non-hydrogen) atoms. The summed E-state index contributed by atoms with van der Waals surface area (Å²) in [5.74, 6) is 2.01. The Balaban J connectivity index is 1.55. The molecule has 0 aliphatic carbocycles. The topological polar surface area (TPSA) is 87.5 Å². The first-order chi connectivity index (χ1) is 15.1. The van der Waals surface area contributed by atoms with E-state index in [1.165, 1.54) is 6.07 Å². The third-order valence-corrected chi connectivity index (χ3v) is 5.03. The number of rotatable bonds is 6. The van der Waals surface area contributed by atoms with Crippen LogP contribution in [-0.4, -0.2) is 34.2 Å². The van der Waals surface area contributed by atoms with Crippen molar-refractivity contribution in [3.63, 3.8) is 0 Å². The summed E-state index contributed by atoms with van der Waals surface area (Å²) in [4.78, 5) is 17.5.